The molecule has 1 aliphatic heterocycles. The molecule has 0 aliphatic carbocycles. The largest absolute Gasteiger partial charge is 0.416 e. The number of halogens is 3. The molecule has 0 amide bonds. The number of benzene rings is 1. The Balaban J connectivity index is 2.35. The van der Waals surface area contributed by atoms with E-state index < -0.39 is 11.7 Å². The van der Waals surface area contributed by atoms with Gasteiger partial charge in [-0.05, 0) is 43.6 Å². The van der Waals surface area contributed by atoms with Crippen molar-refractivity contribution < 1.29 is 13.2 Å². The van der Waals surface area contributed by atoms with Crippen molar-refractivity contribution in [3.05, 3.63) is 35.4 Å². The molecule has 1 aliphatic rings. The van der Waals surface area contributed by atoms with E-state index in [4.69, 9.17) is 5.73 Å². The van der Waals surface area contributed by atoms with Crippen LogP contribution in [0.2, 0.25) is 0 Å². The fourth-order valence-electron chi connectivity index (χ4n) is 2.67. The summed E-state index contributed by atoms with van der Waals surface area (Å²) in [6.07, 6.45) is -3.43. The molecular formula is C13H17F3N2. The number of nitrogens with two attached hydrogens (primary N) is 1. The summed E-state index contributed by atoms with van der Waals surface area (Å²) < 4.78 is 38.9. The monoisotopic (exact) mass is 258 g/mol. The van der Waals surface area contributed by atoms with Crippen LogP contribution in [-0.4, -0.2) is 19.6 Å². The minimum absolute atomic E-state index is 0.193. The van der Waals surface area contributed by atoms with E-state index in [9.17, 15) is 13.2 Å². The summed E-state index contributed by atoms with van der Waals surface area (Å²) >= 11 is 0. The Hall–Kier alpha value is -1.07. The van der Waals surface area contributed by atoms with E-state index >= 15 is 0 Å². The molecule has 3 N–H and O–H groups in total. The predicted molar refractivity (Wildman–Crippen MR) is 64.2 cm³/mol. The average molecular weight is 258 g/mol. The fourth-order valence-corrected chi connectivity index (χ4v) is 2.67. The summed E-state index contributed by atoms with van der Waals surface area (Å²) in [5.41, 5.74) is 5.49. The van der Waals surface area contributed by atoms with Gasteiger partial charge in [-0.25, -0.2) is 0 Å². The molecule has 2 atom stereocenters. The SMILES string of the molecule is NCC(c1ccccc1C(F)(F)F)C1CCNC1. The Kier molecular flexibility index (Phi) is 3.92. The normalized spacial score (nSPS) is 22.1. The number of hydrogen-bond donors (Lipinski definition) is 2. The minimum Gasteiger partial charge on any atom is -0.330 e. The van der Waals surface area contributed by atoms with Gasteiger partial charge in [0.1, 0.15) is 0 Å². The molecule has 5 heteroatoms. The highest BCUT2D eigenvalue weighted by molar-refractivity contribution is 5.33. The van der Waals surface area contributed by atoms with Crippen molar-refractivity contribution in [3.63, 3.8) is 0 Å². The maximum Gasteiger partial charge on any atom is 0.416 e. The van der Waals surface area contributed by atoms with E-state index in [-0.39, 0.29) is 18.4 Å². The van der Waals surface area contributed by atoms with Crippen molar-refractivity contribution in [1.29, 1.82) is 0 Å². The third kappa shape index (κ3) is 2.67. The van der Waals surface area contributed by atoms with E-state index in [0.717, 1.165) is 25.6 Å². The topological polar surface area (TPSA) is 38.0 Å². The van der Waals surface area contributed by atoms with Gasteiger partial charge in [-0.3, -0.25) is 0 Å². The molecule has 18 heavy (non-hydrogen) atoms. The molecule has 0 bridgehead atoms. The van der Waals surface area contributed by atoms with Crippen LogP contribution in [0.3, 0.4) is 0 Å². The zero-order chi connectivity index (χ0) is 13.2. The van der Waals surface area contributed by atoms with Crippen molar-refractivity contribution in [2.75, 3.05) is 19.6 Å². The van der Waals surface area contributed by atoms with Crippen molar-refractivity contribution in [2.45, 2.75) is 18.5 Å². The van der Waals surface area contributed by atoms with Gasteiger partial charge in [-0.1, -0.05) is 18.2 Å². The molecule has 100 valence electrons. The zero-order valence-corrected chi connectivity index (χ0v) is 10.0. The summed E-state index contributed by atoms with van der Waals surface area (Å²) in [5.74, 6) is -0.0312. The maximum absolute atomic E-state index is 13.0. The fraction of sp³-hybridized carbons (Fsp3) is 0.538. The number of hydrogen-bond acceptors (Lipinski definition) is 2. The second-order valence-electron chi connectivity index (χ2n) is 4.68. The van der Waals surface area contributed by atoms with Gasteiger partial charge in [0.2, 0.25) is 0 Å². The molecule has 2 nitrogen and oxygen atoms in total. The van der Waals surface area contributed by atoms with Gasteiger partial charge in [0.25, 0.3) is 0 Å². The molecule has 2 unspecified atom stereocenters. The molecule has 0 radical (unpaired) electrons. The van der Waals surface area contributed by atoms with Crippen LogP contribution in [0.25, 0.3) is 0 Å². The van der Waals surface area contributed by atoms with Crippen LogP contribution >= 0.6 is 0 Å². The summed E-state index contributed by atoms with van der Waals surface area (Å²) in [6, 6.07) is 5.77. The maximum atomic E-state index is 13.0. The average Bonchev–Trinajstić information content (AvgIpc) is 2.83. The van der Waals surface area contributed by atoms with Gasteiger partial charge in [-0.15, -0.1) is 0 Å². The minimum atomic E-state index is -4.31. The second kappa shape index (κ2) is 5.28. The number of alkyl halides is 3. The molecule has 1 fully saturated rings. The first-order valence-corrected chi connectivity index (χ1v) is 6.11. The van der Waals surface area contributed by atoms with E-state index in [1.54, 1.807) is 12.1 Å². The lowest BCUT2D eigenvalue weighted by Crippen LogP contribution is -2.26. The molecule has 1 aromatic carbocycles. The first-order valence-electron chi connectivity index (χ1n) is 6.11. The summed E-state index contributed by atoms with van der Waals surface area (Å²) in [4.78, 5) is 0. The van der Waals surface area contributed by atoms with Gasteiger partial charge in [-0.2, -0.15) is 13.2 Å². The number of nitrogens with one attached hydrogen (secondary N) is 1. The Morgan fingerprint density at radius 3 is 2.61 bits per heavy atom. The zero-order valence-electron chi connectivity index (χ0n) is 10.0. The summed E-state index contributed by atoms with van der Waals surface area (Å²) in [6.45, 7) is 1.85. The Morgan fingerprint density at radius 1 is 1.33 bits per heavy atom. The molecule has 0 saturated carbocycles. The van der Waals surface area contributed by atoms with E-state index in [1.165, 1.54) is 6.07 Å². The Bertz CT molecular complexity index is 397. The van der Waals surface area contributed by atoms with E-state index in [0.29, 0.717) is 5.56 Å². The lowest BCUT2D eigenvalue weighted by molar-refractivity contribution is -0.138. The molecule has 1 heterocycles. The van der Waals surface area contributed by atoms with Gasteiger partial charge in [0.05, 0.1) is 5.56 Å². The Labute approximate surface area is 104 Å². The molecule has 1 aromatic rings. The Morgan fingerprint density at radius 2 is 2.06 bits per heavy atom. The first kappa shape index (κ1) is 13.4. The predicted octanol–water partition coefficient (Wildman–Crippen LogP) is 2.36. The van der Waals surface area contributed by atoms with Gasteiger partial charge >= 0.3 is 6.18 Å². The van der Waals surface area contributed by atoms with Crippen LogP contribution in [-0.2, 0) is 6.18 Å². The van der Waals surface area contributed by atoms with E-state index in [1.807, 2.05) is 0 Å². The first-order chi connectivity index (χ1) is 8.54. The van der Waals surface area contributed by atoms with Crippen molar-refractivity contribution in [2.24, 2.45) is 11.7 Å². The highest BCUT2D eigenvalue weighted by Gasteiger charge is 2.36. The summed E-state index contributed by atoms with van der Waals surface area (Å²) in [5, 5.41) is 3.18. The highest BCUT2D eigenvalue weighted by Crippen LogP contribution is 2.38. The van der Waals surface area contributed by atoms with Crippen molar-refractivity contribution in [3.8, 4) is 0 Å². The van der Waals surface area contributed by atoms with Crippen molar-refractivity contribution >= 4 is 0 Å². The molecule has 1 saturated heterocycles. The second-order valence-corrected chi connectivity index (χ2v) is 4.68. The van der Waals surface area contributed by atoms with Crippen LogP contribution in [0.4, 0.5) is 13.2 Å². The van der Waals surface area contributed by atoms with Crippen LogP contribution < -0.4 is 11.1 Å². The molecule has 2 rings (SSSR count). The van der Waals surface area contributed by atoms with Gasteiger partial charge in [0.15, 0.2) is 0 Å². The molecule has 0 aromatic heterocycles. The molecular weight excluding hydrogens is 241 g/mol. The lowest BCUT2D eigenvalue weighted by atomic mass is 9.83. The van der Waals surface area contributed by atoms with Crippen LogP contribution in [0.5, 0.6) is 0 Å². The third-order valence-corrected chi connectivity index (χ3v) is 3.59. The lowest BCUT2D eigenvalue weighted by Gasteiger charge is -2.25. The quantitative estimate of drug-likeness (QED) is 0.873. The standard InChI is InChI=1S/C13H17F3N2/c14-13(15,16)12-4-2-1-3-10(12)11(7-17)9-5-6-18-8-9/h1-4,9,11,18H,5-8,17H2. The highest BCUT2D eigenvalue weighted by atomic mass is 19.4. The number of rotatable bonds is 3. The van der Waals surface area contributed by atoms with Crippen molar-refractivity contribution in [1.82, 2.24) is 5.32 Å². The van der Waals surface area contributed by atoms with Crippen LogP contribution in [0.1, 0.15) is 23.5 Å². The molecule has 0 spiro atoms. The van der Waals surface area contributed by atoms with Gasteiger partial charge in [0, 0.05) is 5.92 Å². The summed E-state index contributed by atoms with van der Waals surface area (Å²) in [7, 11) is 0. The smallest absolute Gasteiger partial charge is 0.330 e. The third-order valence-electron chi connectivity index (χ3n) is 3.59. The van der Waals surface area contributed by atoms with Crippen LogP contribution in [0, 0.1) is 5.92 Å². The van der Waals surface area contributed by atoms with Gasteiger partial charge < -0.3 is 11.1 Å². The van der Waals surface area contributed by atoms with Crippen LogP contribution in [0.15, 0.2) is 24.3 Å². The van der Waals surface area contributed by atoms with E-state index in [2.05, 4.69) is 5.32 Å².